The molecule has 8 nitrogen and oxygen atoms in total. The van der Waals surface area contributed by atoms with E-state index in [4.69, 9.17) is 32.5 Å². The standard InChI is InChI=1S/C28H23Cl2FN2O6S/c1-26(2,36)23-13(20(33-39-23)19-15(29)4-3-5-16(19)30)10-38-27-8-12-14(9-27)28(37,22(12)27)25-32-21-17(31)6-11(24(34)35)7-18(21)40-25/h3-7,12,14,22,36-37H,8-10H2,1-2H3,(H,34,35)/t12?,14-,22?,27+,28-/m0/s1. The van der Waals surface area contributed by atoms with Crippen LogP contribution in [0.4, 0.5) is 4.39 Å². The van der Waals surface area contributed by atoms with Crippen molar-refractivity contribution in [3.8, 4) is 11.3 Å². The molecule has 5 aliphatic rings. The van der Waals surface area contributed by atoms with E-state index in [9.17, 15) is 24.5 Å². The average molecular weight is 605 g/mol. The Hall–Kier alpha value is -2.60. The van der Waals surface area contributed by atoms with E-state index >= 15 is 0 Å². The second-order valence-corrected chi connectivity index (χ2v) is 13.3. The molecule has 4 bridgehead atoms. The third-order valence-corrected chi connectivity index (χ3v) is 10.6. The molecule has 40 heavy (non-hydrogen) atoms. The maximum absolute atomic E-state index is 14.7. The van der Waals surface area contributed by atoms with Gasteiger partial charge in [0.05, 0.1) is 38.1 Å². The smallest absolute Gasteiger partial charge is 0.335 e. The number of aromatic carboxylic acids is 1. The summed E-state index contributed by atoms with van der Waals surface area (Å²) >= 11 is 14.0. The second kappa shape index (κ2) is 8.47. The van der Waals surface area contributed by atoms with Crippen LogP contribution in [0.5, 0.6) is 0 Å². The summed E-state index contributed by atoms with van der Waals surface area (Å²) in [5.41, 5.74) is -2.08. The zero-order valence-corrected chi connectivity index (χ0v) is 23.6. The third-order valence-electron chi connectivity index (χ3n) is 8.78. The predicted octanol–water partition coefficient (Wildman–Crippen LogP) is 6.14. The number of aromatic nitrogens is 2. The van der Waals surface area contributed by atoms with Gasteiger partial charge in [-0.1, -0.05) is 34.4 Å². The molecule has 0 saturated heterocycles. The highest BCUT2D eigenvalue weighted by molar-refractivity contribution is 7.18. The third kappa shape index (κ3) is 3.44. The van der Waals surface area contributed by atoms with Gasteiger partial charge in [0.25, 0.3) is 0 Å². The van der Waals surface area contributed by atoms with Crippen LogP contribution >= 0.6 is 34.5 Å². The van der Waals surface area contributed by atoms with Crippen molar-refractivity contribution in [1.29, 1.82) is 0 Å². The summed E-state index contributed by atoms with van der Waals surface area (Å²) in [5, 5.41) is 37.3. The van der Waals surface area contributed by atoms with Crippen LogP contribution in [0.2, 0.25) is 10.0 Å². The zero-order valence-electron chi connectivity index (χ0n) is 21.2. The van der Waals surface area contributed by atoms with Crippen LogP contribution in [0.15, 0.2) is 34.9 Å². The quantitative estimate of drug-likeness (QED) is 0.230. The predicted molar refractivity (Wildman–Crippen MR) is 145 cm³/mol. The monoisotopic (exact) mass is 604 g/mol. The first-order valence-corrected chi connectivity index (χ1v) is 14.3. The molecule has 3 N–H and O–H groups in total. The van der Waals surface area contributed by atoms with Crippen LogP contribution in [-0.2, 0) is 22.5 Å². The number of hydrogen-bond acceptors (Lipinski definition) is 8. The van der Waals surface area contributed by atoms with Gasteiger partial charge in [-0.3, -0.25) is 0 Å². The highest BCUT2D eigenvalue weighted by Crippen LogP contribution is 2.80. The van der Waals surface area contributed by atoms with Crippen molar-refractivity contribution in [1.82, 2.24) is 10.1 Å². The fraction of sp³-hybridized carbons (Fsp3) is 0.393. The minimum atomic E-state index is -1.37. The van der Waals surface area contributed by atoms with Gasteiger partial charge in [-0.15, -0.1) is 11.3 Å². The van der Waals surface area contributed by atoms with E-state index in [1.807, 2.05) is 0 Å². The topological polar surface area (TPSA) is 126 Å². The molecule has 0 aliphatic heterocycles. The van der Waals surface area contributed by atoms with Crippen molar-refractivity contribution >= 4 is 50.7 Å². The van der Waals surface area contributed by atoms with Gasteiger partial charge in [-0.05, 0) is 56.9 Å². The first-order chi connectivity index (χ1) is 18.8. The Bertz CT molecular complexity index is 1710. The summed E-state index contributed by atoms with van der Waals surface area (Å²) in [5.74, 6) is -1.88. The molecule has 4 aromatic rings. The molecular formula is C28H23Cl2FN2O6S. The Kier molecular flexibility index (Phi) is 5.57. The SMILES string of the molecule is CC(C)(O)c1onc(-c2c(Cl)cccc2Cl)c1CO[C@@]12CC3C1[C@](O)(c1nc4c(F)cc(C(=O)O)cc4s1)[C@H]3C2. The number of carboxylic acid groups (broad SMARTS) is 1. The molecule has 5 atom stereocenters. The fourth-order valence-corrected chi connectivity index (χ4v) is 8.94. The Balaban J connectivity index is 1.21. The normalized spacial score (nSPS) is 28.5. The summed E-state index contributed by atoms with van der Waals surface area (Å²) in [6.07, 6.45) is 1.33. The number of benzene rings is 2. The number of aliphatic hydroxyl groups is 2. The lowest BCUT2D eigenvalue weighted by Gasteiger charge is -2.61. The van der Waals surface area contributed by atoms with Gasteiger partial charge in [0, 0.05) is 17.4 Å². The molecule has 2 aromatic heterocycles. The van der Waals surface area contributed by atoms with E-state index < -0.39 is 28.6 Å². The van der Waals surface area contributed by atoms with Crippen LogP contribution < -0.4 is 0 Å². The number of rotatable bonds is 7. The number of fused-ring (bicyclic) bond motifs is 1. The van der Waals surface area contributed by atoms with E-state index in [1.165, 1.54) is 6.07 Å². The van der Waals surface area contributed by atoms with Crippen LogP contribution in [0, 0.1) is 23.6 Å². The minimum Gasteiger partial charge on any atom is -0.478 e. The van der Waals surface area contributed by atoms with Gasteiger partial charge in [0.15, 0.2) is 11.6 Å². The van der Waals surface area contributed by atoms with Gasteiger partial charge in [-0.2, -0.15) is 0 Å². The van der Waals surface area contributed by atoms with Crippen molar-refractivity contribution in [3.63, 3.8) is 0 Å². The molecule has 5 saturated carbocycles. The van der Waals surface area contributed by atoms with E-state index in [-0.39, 0.29) is 41.2 Å². The lowest BCUT2D eigenvalue weighted by Crippen LogP contribution is -2.66. The van der Waals surface area contributed by atoms with Crippen LogP contribution in [-0.4, -0.2) is 37.0 Å². The summed E-state index contributed by atoms with van der Waals surface area (Å²) in [7, 11) is 0. The molecule has 9 rings (SSSR count). The molecule has 12 heteroatoms. The number of thiazole rings is 1. The van der Waals surface area contributed by atoms with Gasteiger partial charge < -0.3 is 24.6 Å². The molecule has 0 amide bonds. The van der Waals surface area contributed by atoms with Gasteiger partial charge in [0.1, 0.15) is 27.4 Å². The van der Waals surface area contributed by atoms with Gasteiger partial charge in [-0.25, -0.2) is 14.2 Å². The Labute approximate surface area is 241 Å². The molecule has 5 fully saturated rings. The Morgan fingerprint density at radius 3 is 2.67 bits per heavy atom. The summed E-state index contributed by atoms with van der Waals surface area (Å²) in [6, 6.07) is 7.42. The number of hydrogen-bond donors (Lipinski definition) is 3. The minimum absolute atomic E-state index is 0.0299. The molecule has 5 aliphatic carbocycles. The lowest BCUT2D eigenvalue weighted by molar-refractivity contribution is -0.272. The van der Waals surface area contributed by atoms with E-state index in [1.54, 1.807) is 32.0 Å². The second-order valence-electron chi connectivity index (χ2n) is 11.5. The first kappa shape index (κ1) is 26.3. The maximum atomic E-state index is 14.7. The molecule has 2 unspecified atom stereocenters. The average Bonchev–Trinajstić information content (AvgIpc) is 3.65. The zero-order chi connectivity index (χ0) is 28.4. The molecule has 0 radical (unpaired) electrons. The summed E-state index contributed by atoms with van der Waals surface area (Å²) in [6.45, 7) is 3.20. The number of halogens is 3. The largest absolute Gasteiger partial charge is 0.478 e. The Morgan fingerprint density at radius 1 is 1.27 bits per heavy atom. The van der Waals surface area contributed by atoms with Crippen molar-refractivity contribution < 1.29 is 33.8 Å². The maximum Gasteiger partial charge on any atom is 0.335 e. The number of nitrogens with zero attached hydrogens (tertiary/aromatic N) is 2. The highest BCUT2D eigenvalue weighted by atomic mass is 35.5. The van der Waals surface area contributed by atoms with E-state index in [0.717, 1.165) is 23.8 Å². The van der Waals surface area contributed by atoms with Crippen LogP contribution in [0.1, 0.15) is 53.4 Å². The van der Waals surface area contributed by atoms with Crippen LogP contribution in [0.3, 0.4) is 0 Å². The highest BCUT2D eigenvalue weighted by Gasteiger charge is 2.84. The van der Waals surface area contributed by atoms with Crippen molar-refractivity contribution in [3.05, 3.63) is 68.1 Å². The van der Waals surface area contributed by atoms with Crippen molar-refractivity contribution in [2.24, 2.45) is 17.8 Å². The van der Waals surface area contributed by atoms with Crippen molar-refractivity contribution in [2.75, 3.05) is 0 Å². The summed E-state index contributed by atoms with van der Waals surface area (Å²) < 4.78 is 27.2. The number of carbonyl (C=O) groups is 1. The van der Waals surface area contributed by atoms with E-state index in [0.29, 0.717) is 43.0 Å². The first-order valence-electron chi connectivity index (χ1n) is 12.7. The molecule has 2 heterocycles. The van der Waals surface area contributed by atoms with Crippen molar-refractivity contribution in [2.45, 2.75) is 50.1 Å². The molecule has 208 valence electrons. The summed E-state index contributed by atoms with van der Waals surface area (Å²) in [4.78, 5) is 15.8. The van der Waals surface area contributed by atoms with E-state index in [2.05, 4.69) is 10.1 Å². The fourth-order valence-electron chi connectivity index (χ4n) is 7.15. The Morgan fingerprint density at radius 2 is 2.00 bits per heavy atom. The lowest BCUT2D eigenvalue weighted by atomic mass is 9.49. The number of ether oxygens (including phenoxy) is 1. The van der Waals surface area contributed by atoms with Gasteiger partial charge >= 0.3 is 5.97 Å². The molecule has 2 aromatic carbocycles. The molecular weight excluding hydrogens is 582 g/mol. The van der Waals surface area contributed by atoms with Gasteiger partial charge in [0.2, 0.25) is 0 Å². The van der Waals surface area contributed by atoms with Crippen LogP contribution in [0.25, 0.3) is 21.5 Å². The number of carboxylic acids is 1. The molecule has 0 spiro atoms.